The molecule has 0 saturated carbocycles. The van der Waals surface area contributed by atoms with Crippen LogP contribution in [0.5, 0.6) is 0 Å². The fourth-order valence-corrected chi connectivity index (χ4v) is 1.92. The third kappa shape index (κ3) is 2.53. The summed E-state index contributed by atoms with van der Waals surface area (Å²) in [4.78, 5) is 24.0. The van der Waals surface area contributed by atoms with Crippen molar-refractivity contribution in [3.63, 3.8) is 0 Å². The second-order valence-corrected chi connectivity index (χ2v) is 4.44. The van der Waals surface area contributed by atoms with Gasteiger partial charge in [0.15, 0.2) is 5.41 Å². The molecule has 0 heterocycles. The molecule has 0 bridgehead atoms. The molecule has 0 aliphatic heterocycles. The van der Waals surface area contributed by atoms with Gasteiger partial charge in [-0.25, -0.2) is 0 Å². The average molecular weight is 249 g/mol. The number of esters is 1. The molecule has 0 aromatic heterocycles. The summed E-state index contributed by atoms with van der Waals surface area (Å²) in [7, 11) is 0. The van der Waals surface area contributed by atoms with Gasteiger partial charge in [-0.2, -0.15) is 0 Å². The Labute approximate surface area is 107 Å². The summed E-state index contributed by atoms with van der Waals surface area (Å²) in [6, 6.07) is 8.79. The summed E-state index contributed by atoms with van der Waals surface area (Å²) in [5.41, 5.74) is 4.63. The molecule has 0 aliphatic carbocycles. The van der Waals surface area contributed by atoms with Crippen LogP contribution in [0, 0.1) is 0 Å². The van der Waals surface area contributed by atoms with Gasteiger partial charge in [-0.3, -0.25) is 9.59 Å². The quantitative estimate of drug-likeness (QED) is 0.638. The topological polar surface area (TPSA) is 69.4 Å². The highest BCUT2D eigenvalue weighted by molar-refractivity contribution is 6.08. The Morgan fingerprint density at radius 1 is 1.28 bits per heavy atom. The lowest BCUT2D eigenvalue weighted by atomic mass is 9.77. The maximum absolute atomic E-state index is 12.2. The summed E-state index contributed by atoms with van der Waals surface area (Å²) >= 11 is 0. The Kier molecular flexibility index (Phi) is 4.48. The van der Waals surface area contributed by atoms with E-state index in [9.17, 15) is 9.59 Å². The van der Waals surface area contributed by atoms with Crippen molar-refractivity contribution < 1.29 is 14.3 Å². The van der Waals surface area contributed by atoms with Crippen LogP contribution in [0.4, 0.5) is 0 Å². The van der Waals surface area contributed by atoms with Crippen LogP contribution < -0.4 is 5.73 Å². The van der Waals surface area contributed by atoms with Gasteiger partial charge in [0, 0.05) is 0 Å². The van der Waals surface area contributed by atoms with E-state index in [1.54, 1.807) is 45.0 Å². The smallest absolute Gasteiger partial charge is 0.326 e. The maximum atomic E-state index is 12.2. The lowest BCUT2D eigenvalue weighted by molar-refractivity contribution is -0.158. The molecule has 0 aliphatic rings. The molecule has 0 radical (unpaired) electrons. The predicted octanol–water partition coefficient (Wildman–Crippen LogP) is 1.77. The first kappa shape index (κ1) is 14.2. The Morgan fingerprint density at radius 2 is 1.83 bits per heavy atom. The van der Waals surface area contributed by atoms with Crippen molar-refractivity contribution in [1.82, 2.24) is 0 Å². The van der Waals surface area contributed by atoms with Gasteiger partial charge in [-0.15, -0.1) is 0 Å². The first-order chi connectivity index (χ1) is 8.45. The van der Waals surface area contributed by atoms with Gasteiger partial charge < -0.3 is 10.5 Å². The third-order valence-electron chi connectivity index (χ3n) is 2.91. The molecule has 4 nitrogen and oxygen atoms in total. The van der Waals surface area contributed by atoms with Crippen LogP contribution in [0.3, 0.4) is 0 Å². The zero-order valence-corrected chi connectivity index (χ0v) is 11.0. The Morgan fingerprint density at radius 3 is 2.22 bits per heavy atom. The second-order valence-electron chi connectivity index (χ2n) is 4.44. The van der Waals surface area contributed by atoms with E-state index in [1.807, 2.05) is 6.07 Å². The first-order valence-electron chi connectivity index (χ1n) is 6.01. The molecular formula is C14H19NO3. The van der Waals surface area contributed by atoms with Crippen LogP contribution in [0.1, 0.15) is 32.8 Å². The number of benzene rings is 1. The molecule has 98 valence electrons. The van der Waals surface area contributed by atoms with Crippen LogP contribution in [-0.4, -0.2) is 18.0 Å². The summed E-state index contributed by atoms with van der Waals surface area (Å²) in [5, 5.41) is 0. The van der Waals surface area contributed by atoms with Crippen LogP contribution in [0.25, 0.3) is 0 Å². The molecule has 0 fully saturated rings. The van der Waals surface area contributed by atoms with E-state index in [1.165, 1.54) is 0 Å². The first-order valence-corrected chi connectivity index (χ1v) is 6.01. The fraction of sp³-hybridized carbons (Fsp3) is 0.429. The van der Waals surface area contributed by atoms with Crippen LogP contribution in [0.2, 0.25) is 0 Å². The van der Waals surface area contributed by atoms with E-state index in [0.717, 1.165) is 0 Å². The molecule has 4 heteroatoms. The molecule has 0 saturated heterocycles. The van der Waals surface area contributed by atoms with Crippen molar-refractivity contribution in [2.45, 2.75) is 38.7 Å². The largest absolute Gasteiger partial charge is 0.462 e. The monoisotopic (exact) mass is 249 g/mol. The van der Waals surface area contributed by atoms with Gasteiger partial charge in [-0.1, -0.05) is 37.3 Å². The van der Waals surface area contributed by atoms with Crippen LogP contribution in [-0.2, 0) is 19.7 Å². The summed E-state index contributed by atoms with van der Waals surface area (Å²) in [5.74, 6) is -1.26. The highest BCUT2D eigenvalue weighted by Gasteiger charge is 2.46. The number of amides is 1. The van der Waals surface area contributed by atoms with Gasteiger partial charge in [0.05, 0.1) is 6.10 Å². The standard InChI is InChI=1S/C14H19NO3/c1-4-14(12(15)16,13(17)18-10(2)3)11-8-6-5-7-9-11/h5-10H,4H2,1-3H3,(H2,15,16)/t14-/m1/s1. The zero-order valence-electron chi connectivity index (χ0n) is 11.0. The summed E-state index contributed by atoms with van der Waals surface area (Å²) < 4.78 is 5.18. The van der Waals surface area contributed by atoms with Crippen LogP contribution in [0.15, 0.2) is 30.3 Å². The van der Waals surface area contributed by atoms with E-state index in [0.29, 0.717) is 5.56 Å². The molecular weight excluding hydrogens is 230 g/mol. The maximum Gasteiger partial charge on any atom is 0.326 e. The number of nitrogens with two attached hydrogens (primary N) is 1. The molecule has 18 heavy (non-hydrogen) atoms. The molecule has 1 rings (SSSR count). The van der Waals surface area contributed by atoms with E-state index in [2.05, 4.69) is 0 Å². The second kappa shape index (κ2) is 5.67. The van der Waals surface area contributed by atoms with Crippen molar-refractivity contribution in [1.29, 1.82) is 0 Å². The average Bonchev–Trinajstić information content (AvgIpc) is 2.30. The van der Waals surface area contributed by atoms with Gasteiger partial charge in [0.2, 0.25) is 5.91 Å². The fourth-order valence-electron chi connectivity index (χ4n) is 1.92. The lowest BCUT2D eigenvalue weighted by Gasteiger charge is -2.28. The molecule has 1 aromatic carbocycles. The van der Waals surface area contributed by atoms with Gasteiger partial charge in [0.25, 0.3) is 0 Å². The molecule has 2 N–H and O–H groups in total. The minimum absolute atomic E-state index is 0.276. The van der Waals surface area contributed by atoms with E-state index < -0.39 is 17.3 Å². The number of carbonyl (C=O) groups is 2. The van der Waals surface area contributed by atoms with E-state index in [-0.39, 0.29) is 12.5 Å². The molecule has 1 atom stereocenters. The van der Waals surface area contributed by atoms with Crippen LogP contribution >= 0.6 is 0 Å². The van der Waals surface area contributed by atoms with Gasteiger partial charge in [-0.05, 0) is 25.8 Å². The number of ether oxygens (including phenoxy) is 1. The van der Waals surface area contributed by atoms with Crippen molar-refractivity contribution in [2.75, 3.05) is 0 Å². The van der Waals surface area contributed by atoms with E-state index in [4.69, 9.17) is 10.5 Å². The number of hydrogen-bond acceptors (Lipinski definition) is 3. The Hall–Kier alpha value is -1.84. The number of primary amides is 1. The van der Waals surface area contributed by atoms with Crippen molar-refractivity contribution in [3.05, 3.63) is 35.9 Å². The lowest BCUT2D eigenvalue weighted by Crippen LogP contribution is -2.49. The Balaban J connectivity index is 3.27. The van der Waals surface area contributed by atoms with Crippen molar-refractivity contribution in [2.24, 2.45) is 5.73 Å². The minimum Gasteiger partial charge on any atom is -0.462 e. The number of rotatable bonds is 5. The van der Waals surface area contributed by atoms with Gasteiger partial charge >= 0.3 is 5.97 Å². The van der Waals surface area contributed by atoms with Gasteiger partial charge in [0.1, 0.15) is 0 Å². The molecule has 0 spiro atoms. The third-order valence-corrected chi connectivity index (χ3v) is 2.91. The van der Waals surface area contributed by atoms with E-state index >= 15 is 0 Å². The zero-order chi connectivity index (χ0) is 13.8. The molecule has 0 unspecified atom stereocenters. The minimum atomic E-state index is -1.40. The number of carbonyl (C=O) groups excluding carboxylic acids is 2. The molecule has 1 aromatic rings. The summed E-state index contributed by atoms with van der Waals surface area (Å²) in [6.07, 6.45) is -0.00997. The highest BCUT2D eigenvalue weighted by Crippen LogP contribution is 2.29. The van der Waals surface area contributed by atoms with Crippen molar-refractivity contribution in [3.8, 4) is 0 Å². The highest BCUT2D eigenvalue weighted by atomic mass is 16.5. The predicted molar refractivity (Wildman–Crippen MR) is 68.8 cm³/mol. The molecule has 1 amide bonds. The number of hydrogen-bond donors (Lipinski definition) is 1. The summed E-state index contributed by atoms with van der Waals surface area (Å²) in [6.45, 7) is 5.23. The van der Waals surface area contributed by atoms with Crippen molar-refractivity contribution >= 4 is 11.9 Å². The Bertz CT molecular complexity index is 428. The normalized spacial score (nSPS) is 14.0. The SMILES string of the molecule is CC[C@@](C(N)=O)(C(=O)OC(C)C)c1ccccc1.